The zero-order valence-corrected chi connectivity index (χ0v) is 13.6. The summed E-state index contributed by atoms with van der Waals surface area (Å²) >= 11 is 1.57. The Bertz CT molecular complexity index is 586. The molecule has 0 radical (unpaired) electrons. The van der Waals surface area contributed by atoms with Crippen LogP contribution in [0.1, 0.15) is 20.8 Å². The fourth-order valence-electron chi connectivity index (χ4n) is 2.28. The molecule has 0 bridgehead atoms. The van der Waals surface area contributed by atoms with Crippen LogP contribution >= 0.6 is 11.8 Å². The predicted molar refractivity (Wildman–Crippen MR) is 87.6 cm³/mol. The Morgan fingerprint density at radius 1 is 1.23 bits per heavy atom. The van der Waals surface area contributed by atoms with Gasteiger partial charge in [0, 0.05) is 24.1 Å². The van der Waals surface area contributed by atoms with E-state index >= 15 is 0 Å². The molecule has 0 aromatic heterocycles. The Morgan fingerprint density at radius 3 is 2.27 bits per heavy atom. The summed E-state index contributed by atoms with van der Waals surface area (Å²) in [4.78, 5) is 35.7. The van der Waals surface area contributed by atoms with Gasteiger partial charge in [0.15, 0.2) is 0 Å². The van der Waals surface area contributed by atoms with Crippen molar-refractivity contribution in [2.75, 3.05) is 16.4 Å². The minimum absolute atomic E-state index is 0.149. The highest BCUT2D eigenvalue weighted by Crippen LogP contribution is 2.37. The lowest BCUT2D eigenvalue weighted by Crippen LogP contribution is -2.47. The van der Waals surface area contributed by atoms with Crippen molar-refractivity contribution >= 4 is 41.4 Å². The maximum atomic E-state index is 12.3. The number of amides is 3. The summed E-state index contributed by atoms with van der Waals surface area (Å²) in [6, 6.07) is 6.36. The molecule has 0 aliphatic carbocycles. The summed E-state index contributed by atoms with van der Waals surface area (Å²) < 4.78 is 0. The molecule has 1 atom stereocenters. The molecule has 6 nitrogen and oxygen atoms in total. The van der Waals surface area contributed by atoms with Crippen molar-refractivity contribution in [1.82, 2.24) is 4.90 Å². The van der Waals surface area contributed by atoms with Gasteiger partial charge in [0.2, 0.25) is 18.2 Å². The standard InChI is InChI=1S/C15H19N3O3S/c1-10(20)16-11-4-6-12(7-5-11)17-14(21)13-8-22-15(2,3)18(13)9-19/h4-7,9,13H,8H2,1-3H3,(H,16,20)(H,17,21). The summed E-state index contributed by atoms with van der Waals surface area (Å²) in [6.07, 6.45) is 0.726. The molecule has 1 fully saturated rings. The first-order valence-corrected chi connectivity index (χ1v) is 7.88. The van der Waals surface area contributed by atoms with Crippen LogP contribution < -0.4 is 10.6 Å². The zero-order chi connectivity index (χ0) is 16.3. The molecule has 1 aromatic rings. The second-order valence-corrected chi connectivity index (χ2v) is 7.16. The van der Waals surface area contributed by atoms with E-state index in [1.165, 1.54) is 6.92 Å². The Morgan fingerprint density at radius 2 is 1.77 bits per heavy atom. The van der Waals surface area contributed by atoms with E-state index in [2.05, 4.69) is 10.6 Å². The van der Waals surface area contributed by atoms with E-state index in [0.717, 1.165) is 6.41 Å². The zero-order valence-electron chi connectivity index (χ0n) is 12.8. The highest BCUT2D eigenvalue weighted by molar-refractivity contribution is 8.00. The summed E-state index contributed by atoms with van der Waals surface area (Å²) in [5.41, 5.74) is 1.29. The first kappa shape index (κ1) is 16.4. The first-order chi connectivity index (χ1) is 10.3. The average Bonchev–Trinajstić information content (AvgIpc) is 2.75. The lowest BCUT2D eigenvalue weighted by molar-refractivity contribution is -0.130. The van der Waals surface area contributed by atoms with Crippen LogP contribution in [0.2, 0.25) is 0 Å². The van der Waals surface area contributed by atoms with Crippen molar-refractivity contribution < 1.29 is 14.4 Å². The van der Waals surface area contributed by atoms with Crippen LogP contribution in [0, 0.1) is 0 Å². The summed E-state index contributed by atoms with van der Waals surface area (Å²) in [5.74, 6) is 0.211. The van der Waals surface area contributed by atoms with Crippen LogP contribution in [0.4, 0.5) is 11.4 Å². The molecule has 0 spiro atoms. The summed E-state index contributed by atoms with van der Waals surface area (Å²) in [6.45, 7) is 5.27. The third-order valence-electron chi connectivity index (χ3n) is 3.44. The molecule has 1 heterocycles. The Labute approximate surface area is 133 Å². The van der Waals surface area contributed by atoms with Crippen molar-refractivity contribution in [1.29, 1.82) is 0 Å². The highest BCUT2D eigenvalue weighted by atomic mass is 32.2. The highest BCUT2D eigenvalue weighted by Gasteiger charge is 2.42. The second-order valence-electron chi connectivity index (χ2n) is 5.53. The normalized spacial score (nSPS) is 19.6. The molecule has 0 saturated carbocycles. The fraction of sp³-hybridized carbons (Fsp3) is 0.400. The third-order valence-corrected chi connectivity index (χ3v) is 4.84. The van der Waals surface area contributed by atoms with Crippen LogP contribution in [0.15, 0.2) is 24.3 Å². The number of thioether (sulfide) groups is 1. The largest absolute Gasteiger partial charge is 0.326 e. The van der Waals surface area contributed by atoms with Crippen molar-refractivity contribution in [3.8, 4) is 0 Å². The average molecular weight is 321 g/mol. The number of benzene rings is 1. The predicted octanol–water partition coefficient (Wildman–Crippen LogP) is 1.89. The topological polar surface area (TPSA) is 78.5 Å². The molecule has 1 aromatic carbocycles. The SMILES string of the molecule is CC(=O)Nc1ccc(NC(=O)C2CSC(C)(C)N2C=O)cc1. The smallest absolute Gasteiger partial charge is 0.248 e. The molecule has 1 aliphatic heterocycles. The van der Waals surface area contributed by atoms with E-state index in [0.29, 0.717) is 17.1 Å². The van der Waals surface area contributed by atoms with Gasteiger partial charge in [-0.25, -0.2) is 0 Å². The minimum atomic E-state index is -0.479. The molecule has 22 heavy (non-hydrogen) atoms. The lowest BCUT2D eigenvalue weighted by Gasteiger charge is -2.30. The fourth-order valence-corrected chi connectivity index (χ4v) is 3.48. The quantitative estimate of drug-likeness (QED) is 0.830. The van der Waals surface area contributed by atoms with Crippen molar-refractivity contribution in [2.24, 2.45) is 0 Å². The maximum Gasteiger partial charge on any atom is 0.248 e. The molecule has 7 heteroatoms. The first-order valence-electron chi connectivity index (χ1n) is 6.90. The van der Waals surface area contributed by atoms with E-state index in [9.17, 15) is 14.4 Å². The molecule has 3 amide bonds. The second kappa shape index (κ2) is 6.39. The van der Waals surface area contributed by atoms with Crippen LogP contribution in [0.25, 0.3) is 0 Å². The number of carbonyl (C=O) groups is 3. The van der Waals surface area contributed by atoms with Crippen LogP contribution in [0.5, 0.6) is 0 Å². The van der Waals surface area contributed by atoms with Gasteiger partial charge in [-0.2, -0.15) is 0 Å². The van der Waals surface area contributed by atoms with Crippen molar-refractivity contribution in [3.63, 3.8) is 0 Å². The number of nitrogens with one attached hydrogen (secondary N) is 2. The number of rotatable bonds is 4. The summed E-state index contributed by atoms with van der Waals surface area (Å²) in [5, 5.41) is 5.46. The Balaban J connectivity index is 2.03. The van der Waals surface area contributed by atoms with E-state index < -0.39 is 6.04 Å². The third kappa shape index (κ3) is 3.59. The number of hydrogen-bond acceptors (Lipinski definition) is 4. The monoisotopic (exact) mass is 321 g/mol. The van der Waals surface area contributed by atoms with Crippen LogP contribution in [0.3, 0.4) is 0 Å². The molecular weight excluding hydrogens is 302 g/mol. The van der Waals surface area contributed by atoms with Gasteiger partial charge in [-0.15, -0.1) is 11.8 Å². The van der Waals surface area contributed by atoms with Crippen molar-refractivity contribution in [3.05, 3.63) is 24.3 Å². The molecule has 2 N–H and O–H groups in total. The number of hydrogen-bond donors (Lipinski definition) is 2. The van der Waals surface area contributed by atoms with Crippen LogP contribution in [-0.2, 0) is 14.4 Å². The van der Waals surface area contributed by atoms with E-state index in [-0.39, 0.29) is 16.7 Å². The summed E-state index contributed by atoms with van der Waals surface area (Å²) in [7, 11) is 0. The van der Waals surface area contributed by atoms with Gasteiger partial charge in [0.05, 0.1) is 4.87 Å². The van der Waals surface area contributed by atoms with Crippen LogP contribution in [-0.4, -0.2) is 39.8 Å². The van der Waals surface area contributed by atoms with Gasteiger partial charge < -0.3 is 15.5 Å². The molecule has 118 valence electrons. The number of nitrogens with zero attached hydrogens (tertiary/aromatic N) is 1. The van der Waals surface area contributed by atoms with Gasteiger partial charge in [-0.1, -0.05) is 0 Å². The maximum absolute atomic E-state index is 12.3. The molecule has 1 aliphatic rings. The number of anilines is 2. The van der Waals surface area contributed by atoms with Gasteiger partial charge in [0.1, 0.15) is 6.04 Å². The van der Waals surface area contributed by atoms with Crippen molar-refractivity contribution in [2.45, 2.75) is 31.7 Å². The van der Waals surface area contributed by atoms with Gasteiger partial charge in [-0.05, 0) is 38.1 Å². The molecule has 1 unspecified atom stereocenters. The van der Waals surface area contributed by atoms with E-state index in [1.807, 2.05) is 13.8 Å². The number of carbonyl (C=O) groups excluding carboxylic acids is 3. The molecule has 2 rings (SSSR count). The minimum Gasteiger partial charge on any atom is -0.326 e. The Hall–Kier alpha value is -2.02. The lowest BCUT2D eigenvalue weighted by atomic mass is 10.2. The Kier molecular flexibility index (Phi) is 4.75. The van der Waals surface area contributed by atoms with E-state index in [4.69, 9.17) is 0 Å². The van der Waals surface area contributed by atoms with Gasteiger partial charge >= 0.3 is 0 Å². The van der Waals surface area contributed by atoms with Gasteiger partial charge in [0.25, 0.3) is 0 Å². The van der Waals surface area contributed by atoms with E-state index in [1.54, 1.807) is 40.9 Å². The molecule has 1 saturated heterocycles. The molecular formula is C15H19N3O3S. The van der Waals surface area contributed by atoms with Gasteiger partial charge in [-0.3, -0.25) is 14.4 Å².